The number of nitrogens with one attached hydrogen (secondary N) is 1. The van der Waals surface area contributed by atoms with Gasteiger partial charge in [-0.2, -0.15) is 0 Å². The van der Waals surface area contributed by atoms with Crippen molar-refractivity contribution in [1.82, 2.24) is 5.43 Å². The van der Waals surface area contributed by atoms with E-state index in [1.165, 1.54) is 0 Å². The van der Waals surface area contributed by atoms with E-state index < -0.39 is 0 Å². The highest BCUT2D eigenvalue weighted by atomic mass is 16.5. The third kappa shape index (κ3) is 5.76. The Hall–Kier alpha value is -0.120. The van der Waals surface area contributed by atoms with Crippen LogP contribution in [0.15, 0.2) is 0 Å². The molecular weight excluding hydrogens is 116 g/mol. The quantitative estimate of drug-likeness (QED) is 0.412. The normalized spacial score (nSPS) is 13.7. The van der Waals surface area contributed by atoms with Crippen LogP contribution in [0, 0.1) is 5.92 Å². The van der Waals surface area contributed by atoms with E-state index in [1.54, 1.807) is 7.11 Å². The molecule has 0 aromatic heterocycles. The Labute approximate surface area is 56.5 Å². The Bertz CT molecular complexity index is 59.0. The fourth-order valence-corrected chi connectivity index (χ4v) is 0.622. The Morgan fingerprint density at radius 3 is 2.78 bits per heavy atom. The fraction of sp³-hybridized carbons (Fsp3) is 1.00. The van der Waals surface area contributed by atoms with Crippen LogP contribution in [0.5, 0.6) is 0 Å². The summed E-state index contributed by atoms with van der Waals surface area (Å²) in [5.74, 6) is 5.72. The van der Waals surface area contributed by atoms with Crippen LogP contribution >= 0.6 is 0 Å². The zero-order chi connectivity index (χ0) is 7.11. The van der Waals surface area contributed by atoms with Crippen LogP contribution in [0.4, 0.5) is 0 Å². The van der Waals surface area contributed by atoms with Crippen LogP contribution in [-0.2, 0) is 4.74 Å². The first kappa shape index (κ1) is 8.88. The van der Waals surface area contributed by atoms with Crippen molar-refractivity contribution in [2.75, 3.05) is 20.3 Å². The molecule has 0 spiro atoms. The summed E-state index contributed by atoms with van der Waals surface area (Å²) in [5, 5.41) is 0. The minimum atomic E-state index is 0.606. The van der Waals surface area contributed by atoms with Crippen molar-refractivity contribution in [2.45, 2.75) is 13.3 Å². The number of ether oxygens (including phenoxy) is 1. The predicted molar refractivity (Wildman–Crippen MR) is 37.8 cm³/mol. The number of hydrogen-bond donors (Lipinski definition) is 2. The minimum absolute atomic E-state index is 0.606. The van der Waals surface area contributed by atoms with Gasteiger partial charge >= 0.3 is 0 Å². The van der Waals surface area contributed by atoms with E-state index in [-0.39, 0.29) is 0 Å². The first-order valence-electron chi connectivity index (χ1n) is 3.23. The number of methoxy groups -OCH3 is 1. The van der Waals surface area contributed by atoms with Crippen LogP contribution in [0.1, 0.15) is 13.3 Å². The number of nitrogens with two attached hydrogens (primary N) is 1. The molecule has 0 aromatic carbocycles. The van der Waals surface area contributed by atoms with Crippen molar-refractivity contribution < 1.29 is 4.74 Å². The van der Waals surface area contributed by atoms with Crippen LogP contribution in [0.25, 0.3) is 0 Å². The minimum Gasteiger partial charge on any atom is -0.385 e. The predicted octanol–water partition coefficient (Wildman–Crippen LogP) is 0.122. The van der Waals surface area contributed by atoms with E-state index in [9.17, 15) is 0 Å². The summed E-state index contributed by atoms with van der Waals surface area (Å²) in [5.41, 5.74) is 2.62. The summed E-state index contributed by atoms with van der Waals surface area (Å²) >= 11 is 0. The van der Waals surface area contributed by atoms with E-state index in [2.05, 4.69) is 12.3 Å². The lowest BCUT2D eigenvalue weighted by Crippen LogP contribution is -2.27. The molecule has 56 valence electrons. The van der Waals surface area contributed by atoms with Gasteiger partial charge in [0.2, 0.25) is 0 Å². The molecule has 0 aromatic rings. The zero-order valence-corrected chi connectivity index (χ0v) is 6.18. The van der Waals surface area contributed by atoms with E-state index in [0.717, 1.165) is 19.6 Å². The van der Waals surface area contributed by atoms with Gasteiger partial charge in [0, 0.05) is 20.3 Å². The third-order valence-corrected chi connectivity index (χ3v) is 1.28. The molecule has 0 aliphatic heterocycles. The number of hydrazine groups is 1. The lowest BCUT2D eigenvalue weighted by atomic mass is 10.1. The standard InChI is InChI=1S/C6H16N2O/c1-6(5-8-7)3-4-9-2/h6,8H,3-5,7H2,1-2H3. The van der Waals surface area contributed by atoms with Crippen molar-refractivity contribution in [3.05, 3.63) is 0 Å². The topological polar surface area (TPSA) is 47.3 Å². The monoisotopic (exact) mass is 132 g/mol. The van der Waals surface area contributed by atoms with Crippen molar-refractivity contribution in [3.63, 3.8) is 0 Å². The summed E-state index contributed by atoms with van der Waals surface area (Å²) in [6.45, 7) is 3.82. The van der Waals surface area contributed by atoms with Crippen molar-refractivity contribution in [1.29, 1.82) is 0 Å². The van der Waals surface area contributed by atoms with Gasteiger partial charge < -0.3 is 4.74 Å². The Morgan fingerprint density at radius 1 is 1.67 bits per heavy atom. The molecule has 3 heteroatoms. The molecule has 0 fully saturated rings. The van der Waals surface area contributed by atoms with Crippen molar-refractivity contribution in [2.24, 2.45) is 11.8 Å². The van der Waals surface area contributed by atoms with E-state index >= 15 is 0 Å². The van der Waals surface area contributed by atoms with Gasteiger partial charge in [0.15, 0.2) is 0 Å². The van der Waals surface area contributed by atoms with E-state index in [0.29, 0.717) is 5.92 Å². The number of rotatable bonds is 5. The second-order valence-corrected chi connectivity index (χ2v) is 2.29. The molecule has 1 atom stereocenters. The molecule has 1 unspecified atom stereocenters. The maximum atomic E-state index is 5.11. The first-order valence-corrected chi connectivity index (χ1v) is 3.23. The van der Waals surface area contributed by atoms with Gasteiger partial charge in [0.25, 0.3) is 0 Å². The lowest BCUT2D eigenvalue weighted by Gasteiger charge is -2.08. The smallest absolute Gasteiger partial charge is 0.0465 e. The third-order valence-electron chi connectivity index (χ3n) is 1.28. The average molecular weight is 132 g/mol. The molecule has 3 nitrogen and oxygen atoms in total. The fourth-order valence-electron chi connectivity index (χ4n) is 0.622. The molecular formula is C6H16N2O. The number of hydrogen-bond acceptors (Lipinski definition) is 3. The summed E-state index contributed by atoms with van der Waals surface area (Å²) < 4.78 is 4.89. The molecule has 0 saturated heterocycles. The van der Waals surface area contributed by atoms with Crippen LogP contribution < -0.4 is 11.3 Å². The Balaban J connectivity index is 2.95. The van der Waals surface area contributed by atoms with Crippen LogP contribution in [0.3, 0.4) is 0 Å². The van der Waals surface area contributed by atoms with Gasteiger partial charge in [-0.25, -0.2) is 0 Å². The summed E-state index contributed by atoms with van der Waals surface area (Å²) in [6.07, 6.45) is 1.07. The van der Waals surface area contributed by atoms with Crippen LogP contribution in [-0.4, -0.2) is 20.3 Å². The maximum Gasteiger partial charge on any atom is 0.0465 e. The molecule has 0 amide bonds. The highest BCUT2D eigenvalue weighted by molar-refractivity contribution is 4.52. The molecule has 0 saturated carbocycles. The van der Waals surface area contributed by atoms with E-state index in [1.807, 2.05) is 0 Å². The SMILES string of the molecule is COCCC(C)CNN. The molecule has 3 N–H and O–H groups in total. The zero-order valence-electron chi connectivity index (χ0n) is 6.18. The van der Waals surface area contributed by atoms with Gasteiger partial charge in [0.1, 0.15) is 0 Å². The Morgan fingerprint density at radius 2 is 2.33 bits per heavy atom. The maximum absolute atomic E-state index is 5.11. The first-order chi connectivity index (χ1) is 4.31. The van der Waals surface area contributed by atoms with Gasteiger partial charge in [-0.15, -0.1) is 0 Å². The average Bonchev–Trinajstić information content (AvgIpc) is 1.85. The van der Waals surface area contributed by atoms with E-state index in [4.69, 9.17) is 10.6 Å². The molecule has 0 aliphatic rings. The largest absolute Gasteiger partial charge is 0.385 e. The lowest BCUT2D eigenvalue weighted by molar-refractivity contribution is 0.179. The van der Waals surface area contributed by atoms with Gasteiger partial charge in [-0.1, -0.05) is 6.92 Å². The summed E-state index contributed by atoms with van der Waals surface area (Å²) in [4.78, 5) is 0. The van der Waals surface area contributed by atoms with Crippen molar-refractivity contribution in [3.8, 4) is 0 Å². The second kappa shape index (κ2) is 6.01. The van der Waals surface area contributed by atoms with Crippen molar-refractivity contribution >= 4 is 0 Å². The van der Waals surface area contributed by atoms with Gasteiger partial charge in [-0.3, -0.25) is 11.3 Å². The molecule has 0 heterocycles. The highest BCUT2D eigenvalue weighted by Crippen LogP contribution is 1.97. The summed E-state index contributed by atoms with van der Waals surface area (Å²) in [6, 6.07) is 0. The highest BCUT2D eigenvalue weighted by Gasteiger charge is 1.97. The second-order valence-electron chi connectivity index (χ2n) is 2.29. The van der Waals surface area contributed by atoms with Gasteiger partial charge in [-0.05, 0) is 12.3 Å². The van der Waals surface area contributed by atoms with Gasteiger partial charge in [0.05, 0.1) is 0 Å². The molecule has 9 heavy (non-hydrogen) atoms. The molecule has 0 rings (SSSR count). The summed E-state index contributed by atoms with van der Waals surface area (Å²) in [7, 11) is 1.71. The molecule has 0 bridgehead atoms. The van der Waals surface area contributed by atoms with Crippen LogP contribution in [0.2, 0.25) is 0 Å². The molecule has 0 aliphatic carbocycles. The Kier molecular flexibility index (Phi) is 5.93. The molecule has 0 radical (unpaired) electrons.